The third kappa shape index (κ3) is 2.76. The standard InChI is InChI=1S/C10H14ClN3O3/c1-4-12-9(15)6(2)14-5-13-8(11)7(17-3)10(14)16/h5-6H,4H2,1-3H3,(H,12,15). The second-order valence-corrected chi connectivity index (χ2v) is 3.71. The minimum Gasteiger partial charge on any atom is -0.489 e. The number of nitrogens with one attached hydrogen (secondary N) is 1. The Morgan fingerprint density at radius 3 is 2.88 bits per heavy atom. The van der Waals surface area contributed by atoms with Crippen LogP contribution in [0.15, 0.2) is 11.1 Å². The van der Waals surface area contributed by atoms with Gasteiger partial charge in [-0.2, -0.15) is 0 Å². The fraction of sp³-hybridized carbons (Fsp3) is 0.500. The Hall–Kier alpha value is -1.56. The van der Waals surface area contributed by atoms with Crippen molar-refractivity contribution in [2.24, 2.45) is 0 Å². The first-order valence-corrected chi connectivity index (χ1v) is 5.49. The highest BCUT2D eigenvalue weighted by atomic mass is 35.5. The van der Waals surface area contributed by atoms with E-state index >= 15 is 0 Å². The van der Waals surface area contributed by atoms with Crippen LogP contribution < -0.4 is 15.6 Å². The maximum absolute atomic E-state index is 11.9. The number of likely N-dealkylation sites (N-methyl/N-ethyl adjacent to an activating group) is 1. The number of carbonyl (C=O) groups is 1. The molecule has 1 aromatic heterocycles. The zero-order valence-corrected chi connectivity index (χ0v) is 10.6. The van der Waals surface area contributed by atoms with Crippen LogP contribution in [-0.2, 0) is 4.79 Å². The normalized spacial score (nSPS) is 12.0. The molecule has 0 spiro atoms. The van der Waals surface area contributed by atoms with Gasteiger partial charge in [0, 0.05) is 6.54 Å². The molecule has 1 heterocycles. The van der Waals surface area contributed by atoms with Crippen molar-refractivity contribution in [2.75, 3.05) is 13.7 Å². The first-order chi connectivity index (χ1) is 8.02. The molecule has 0 aliphatic heterocycles. The lowest BCUT2D eigenvalue weighted by Gasteiger charge is -2.14. The van der Waals surface area contributed by atoms with Gasteiger partial charge in [0.1, 0.15) is 12.4 Å². The van der Waals surface area contributed by atoms with E-state index in [1.807, 2.05) is 0 Å². The molecule has 1 N–H and O–H groups in total. The third-order valence-electron chi connectivity index (χ3n) is 2.26. The SMILES string of the molecule is CCNC(=O)C(C)n1cnc(Cl)c(OC)c1=O. The van der Waals surface area contributed by atoms with E-state index in [9.17, 15) is 9.59 Å². The van der Waals surface area contributed by atoms with Crippen LogP contribution in [0, 0.1) is 0 Å². The van der Waals surface area contributed by atoms with Gasteiger partial charge in [-0.3, -0.25) is 14.2 Å². The van der Waals surface area contributed by atoms with E-state index in [0.29, 0.717) is 6.54 Å². The van der Waals surface area contributed by atoms with Crippen molar-refractivity contribution in [3.05, 3.63) is 21.8 Å². The monoisotopic (exact) mass is 259 g/mol. The zero-order chi connectivity index (χ0) is 13.0. The summed E-state index contributed by atoms with van der Waals surface area (Å²) >= 11 is 5.70. The second-order valence-electron chi connectivity index (χ2n) is 3.35. The summed E-state index contributed by atoms with van der Waals surface area (Å²) in [5, 5.41) is 2.61. The highest BCUT2D eigenvalue weighted by Gasteiger charge is 2.19. The molecule has 1 amide bonds. The molecule has 94 valence electrons. The van der Waals surface area contributed by atoms with E-state index in [1.54, 1.807) is 13.8 Å². The highest BCUT2D eigenvalue weighted by Crippen LogP contribution is 2.16. The predicted octanol–water partition coefficient (Wildman–Crippen LogP) is 0.602. The van der Waals surface area contributed by atoms with Crippen molar-refractivity contribution in [3.63, 3.8) is 0 Å². The number of carbonyl (C=O) groups excluding carboxylic acids is 1. The lowest BCUT2D eigenvalue weighted by molar-refractivity contribution is -0.123. The van der Waals surface area contributed by atoms with Crippen molar-refractivity contribution < 1.29 is 9.53 Å². The number of nitrogens with zero attached hydrogens (tertiary/aromatic N) is 2. The van der Waals surface area contributed by atoms with Crippen molar-refractivity contribution in [2.45, 2.75) is 19.9 Å². The molecule has 0 aromatic carbocycles. The maximum atomic E-state index is 11.9. The third-order valence-corrected chi connectivity index (χ3v) is 2.53. The van der Waals surface area contributed by atoms with E-state index in [-0.39, 0.29) is 16.8 Å². The molecule has 1 aromatic rings. The molecule has 0 fully saturated rings. The zero-order valence-electron chi connectivity index (χ0n) is 9.86. The fourth-order valence-electron chi connectivity index (χ4n) is 1.33. The largest absolute Gasteiger partial charge is 0.489 e. The lowest BCUT2D eigenvalue weighted by atomic mass is 10.3. The predicted molar refractivity (Wildman–Crippen MR) is 63.5 cm³/mol. The van der Waals surface area contributed by atoms with Crippen LogP contribution in [0.1, 0.15) is 19.9 Å². The van der Waals surface area contributed by atoms with Crippen LogP contribution in [-0.4, -0.2) is 29.1 Å². The molecule has 0 aliphatic rings. The van der Waals surface area contributed by atoms with Gasteiger partial charge in [0.25, 0.3) is 5.56 Å². The number of hydrogen-bond donors (Lipinski definition) is 1. The van der Waals surface area contributed by atoms with Crippen molar-refractivity contribution in [1.82, 2.24) is 14.9 Å². The Morgan fingerprint density at radius 1 is 1.71 bits per heavy atom. The molecule has 17 heavy (non-hydrogen) atoms. The quantitative estimate of drug-likeness (QED) is 0.804. The summed E-state index contributed by atoms with van der Waals surface area (Å²) < 4.78 is 6.02. The molecular formula is C10H14ClN3O3. The average Bonchev–Trinajstić information content (AvgIpc) is 2.29. The summed E-state index contributed by atoms with van der Waals surface area (Å²) in [6.45, 7) is 3.89. The molecule has 0 radical (unpaired) electrons. The number of rotatable bonds is 4. The van der Waals surface area contributed by atoms with Gasteiger partial charge < -0.3 is 10.1 Å². The minimum atomic E-state index is -0.666. The summed E-state index contributed by atoms with van der Waals surface area (Å²) in [7, 11) is 1.32. The summed E-state index contributed by atoms with van der Waals surface area (Å²) in [4.78, 5) is 27.3. The Kier molecular flexibility index (Phi) is 4.51. The molecule has 1 rings (SSSR count). The van der Waals surface area contributed by atoms with Gasteiger partial charge in [-0.15, -0.1) is 0 Å². The summed E-state index contributed by atoms with van der Waals surface area (Å²) in [5.74, 6) is -0.328. The fourth-order valence-corrected chi connectivity index (χ4v) is 1.53. The Balaban J connectivity index is 3.15. The molecule has 1 unspecified atom stereocenters. The molecule has 1 atom stereocenters. The van der Waals surface area contributed by atoms with Gasteiger partial charge in [-0.25, -0.2) is 4.98 Å². The van der Waals surface area contributed by atoms with Gasteiger partial charge >= 0.3 is 0 Å². The molecule has 7 heteroatoms. The minimum absolute atomic E-state index is 0.0168. The van der Waals surface area contributed by atoms with Crippen LogP contribution in [0.5, 0.6) is 5.75 Å². The van der Waals surface area contributed by atoms with E-state index in [0.717, 1.165) is 0 Å². The number of methoxy groups -OCH3 is 1. The second kappa shape index (κ2) is 5.67. The molecular weight excluding hydrogens is 246 g/mol. The number of ether oxygens (including phenoxy) is 1. The van der Waals surface area contributed by atoms with Crippen LogP contribution in [0.4, 0.5) is 0 Å². The average molecular weight is 260 g/mol. The van der Waals surface area contributed by atoms with Gasteiger partial charge in [-0.1, -0.05) is 11.6 Å². The van der Waals surface area contributed by atoms with Gasteiger partial charge in [0.2, 0.25) is 11.7 Å². The maximum Gasteiger partial charge on any atom is 0.298 e. The summed E-state index contributed by atoms with van der Waals surface area (Å²) in [6.07, 6.45) is 1.23. The van der Waals surface area contributed by atoms with Crippen molar-refractivity contribution in [3.8, 4) is 5.75 Å². The highest BCUT2D eigenvalue weighted by molar-refractivity contribution is 6.30. The van der Waals surface area contributed by atoms with Crippen LogP contribution in [0.25, 0.3) is 0 Å². The van der Waals surface area contributed by atoms with Gasteiger partial charge in [0.05, 0.1) is 7.11 Å². The smallest absolute Gasteiger partial charge is 0.298 e. The van der Waals surface area contributed by atoms with E-state index in [1.165, 1.54) is 18.0 Å². The van der Waals surface area contributed by atoms with Gasteiger partial charge in [0.15, 0.2) is 5.15 Å². The molecule has 0 saturated carbocycles. The Bertz CT molecular complexity index is 472. The van der Waals surface area contributed by atoms with E-state index in [2.05, 4.69) is 10.3 Å². The van der Waals surface area contributed by atoms with Crippen LogP contribution >= 0.6 is 11.6 Å². The van der Waals surface area contributed by atoms with Crippen molar-refractivity contribution in [1.29, 1.82) is 0 Å². The van der Waals surface area contributed by atoms with E-state index < -0.39 is 11.6 Å². The first-order valence-electron chi connectivity index (χ1n) is 5.11. The Morgan fingerprint density at radius 2 is 2.35 bits per heavy atom. The first kappa shape index (κ1) is 13.5. The van der Waals surface area contributed by atoms with Crippen LogP contribution in [0.3, 0.4) is 0 Å². The molecule has 0 bridgehead atoms. The summed E-state index contributed by atoms with van der Waals surface area (Å²) in [5.41, 5.74) is -0.480. The number of hydrogen-bond acceptors (Lipinski definition) is 4. The molecule has 6 nitrogen and oxygen atoms in total. The number of halogens is 1. The Labute approximate surface area is 104 Å². The topological polar surface area (TPSA) is 73.2 Å². The molecule has 0 saturated heterocycles. The summed E-state index contributed by atoms with van der Waals surface area (Å²) in [6, 6.07) is -0.666. The van der Waals surface area contributed by atoms with Gasteiger partial charge in [-0.05, 0) is 13.8 Å². The number of aromatic nitrogens is 2. The lowest BCUT2D eigenvalue weighted by Crippen LogP contribution is -2.36. The molecule has 0 aliphatic carbocycles. The van der Waals surface area contributed by atoms with Crippen LogP contribution in [0.2, 0.25) is 5.15 Å². The van der Waals surface area contributed by atoms with Crippen molar-refractivity contribution >= 4 is 17.5 Å². The van der Waals surface area contributed by atoms with E-state index in [4.69, 9.17) is 16.3 Å². The number of amides is 1.